The van der Waals surface area contributed by atoms with Gasteiger partial charge in [-0.25, -0.2) is 4.39 Å². The topological polar surface area (TPSA) is 52.0 Å². The van der Waals surface area contributed by atoms with Crippen LogP contribution >= 0.6 is 0 Å². The van der Waals surface area contributed by atoms with E-state index < -0.39 is 6.17 Å². The monoisotopic (exact) mass is 222 g/mol. The first-order valence-electron chi connectivity index (χ1n) is 5.51. The molecule has 1 atom stereocenters. The Hall–Kier alpha value is -1.58. The molecule has 4 heteroatoms. The zero-order chi connectivity index (χ0) is 11.5. The van der Waals surface area contributed by atoms with E-state index in [1.807, 2.05) is 6.92 Å². The minimum absolute atomic E-state index is 0.392. The molecule has 1 aromatic heterocycles. The number of hydrogen-bond acceptors (Lipinski definition) is 3. The number of nitrogen functional groups attached to an aromatic ring is 1. The van der Waals surface area contributed by atoms with Crippen LogP contribution in [0.3, 0.4) is 0 Å². The van der Waals surface area contributed by atoms with E-state index in [4.69, 9.17) is 10.3 Å². The van der Waals surface area contributed by atoms with Crippen LogP contribution in [-0.4, -0.2) is 5.16 Å². The van der Waals surface area contributed by atoms with E-state index in [9.17, 15) is 4.39 Å². The molecule has 0 radical (unpaired) electrons. The third-order valence-electron chi connectivity index (χ3n) is 2.63. The van der Waals surface area contributed by atoms with Crippen LogP contribution in [0.15, 0.2) is 22.7 Å². The normalized spacial score (nSPS) is 13.1. The number of rotatable bonds is 4. The number of anilines is 1. The Morgan fingerprint density at radius 3 is 3.06 bits per heavy atom. The van der Waals surface area contributed by atoms with Crippen LogP contribution in [0.1, 0.15) is 38.1 Å². The second-order valence-electron chi connectivity index (χ2n) is 3.93. The lowest BCUT2D eigenvalue weighted by Crippen LogP contribution is -1.92. The Bertz CT molecular complexity index is 481. The zero-order valence-electron chi connectivity index (χ0n) is 9.24. The maximum absolute atomic E-state index is 13.8. The summed E-state index contributed by atoms with van der Waals surface area (Å²) in [6, 6.07) is 5.16. The summed E-state index contributed by atoms with van der Waals surface area (Å²) in [5, 5.41) is 4.50. The van der Waals surface area contributed by atoms with Crippen molar-refractivity contribution < 1.29 is 8.91 Å². The molecule has 3 nitrogen and oxygen atoms in total. The molecule has 0 spiro atoms. The minimum atomic E-state index is -1.05. The van der Waals surface area contributed by atoms with Crippen LogP contribution in [0, 0.1) is 0 Å². The lowest BCUT2D eigenvalue weighted by Gasteiger charge is -2.03. The van der Waals surface area contributed by atoms with Crippen molar-refractivity contribution in [3.8, 4) is 0 Å². The fourth-order valence-electron chi connectivity index (χ4n) is 1.72. The summed E-state index contributed by atoms with van der Waals surface area (Å²) in [6.07, 6.45) is 1.26. The highest BCUT2D eigenvalue weighted by Gasteiger charge is 2.17. The van der Waals surface area contributed by atoms with E-state index in [1.165, 1.54) is 0 Å². The van der Waals surface area contributed by atoms with Crippen molar-refractivity contribution in [2.75, 3.05) is 5.73 Å². The molecule has 0 aliphatic rings. The summed E-state index contributed by atoms with van der Waals surface area (Å²) in [6.45, 7) is 2.04. The Labute approximate surface area is 93.4 Å². The van der Waals surface area contributed by atoms with E-state index in [1.54, 1.807) is 18.2 Å². The smallest absolute Gasteiger partial charge is 0.169 e. The van der Waals surface area contributed by atoms with Crippen molar-refractivity contribution >= 4 is 16.7 Å². The van der Waals surface area contributed by atoms with Gasteiger partial charge in [-0.2, -0.15) is 0 Å². The Balaban J connectivity index is 2.31. The van der Waals surface area contributed by atoms with Gasteiger partial charge in [0, 0.05) is 17.1 Å². The van der Waals surface area contributed by atoms with Gasteiger partial charge in [0.2, 0.25) is 0 Å². The summed E-state index contributed by atoms with van der Waals surface area (Å²) < 4.78 is 18.9. The van der Waals surface area contributed by atoms with Gasteiger partial charge in [0.15, 0.2) is 5.58 Å². The van der Waals surface area contributed by atoms with Gasteiger partial charge in [-0.15, -0.1) is 0 Å². The van der Waals surface area contributed by atoms with Gasteiger partial charge in [-0.1, -0.05) is 24.9 Å². The first-order chi connectivity index (χ1) is 7.72. The van der Waals surface area contributed by atoms with Crippen LogP contribution in [0.4, 0.5) is 10.1 Å². The predicted octanol–water partition coefficient (Wildman–Crippen LogP) is 3.61. The van der Waals surface area contributed by atoms with Gasteiger partial charge in [0.1, 0.15) is 11.9 Å². The van der Waals surface area contributed by atoms with Crippen LogP contribution in [0.25, 0.3) is 11.0 Å². The SMILES string of the molecule is CCCCC(F)c1noc2cc(N)ccc12. The third-order valence-corrected chi connectivity index (χ3v) is 2.63. The molecule has 16 heavy (non-hydrogen) atoms. The fourth-order valence-corrected chi connectivity index (χ4v) is 1.72. The lowest BCUT2D eigenvalue weighted by atomic mass is 10.1. The molecule has 2 aromatic rings. The number of alkyl halides is 1. The molecule has 2 rings (SSSR count). The van der Waals surface area contributed by atoms with E-state index in [0.717, 1.165) is 18.2 Å². The Morgan fingerprint density at radius 2 is 2.31 bits per heavy atom. The first kappa shape index (κ1) is 10.9. The highest BCUT2D eigenvalue weighted by molar-refractivity contribution is 5.82. The number of nitrogens with two attached hydrogens (primary N) is 1. The van der Waals surface area contributed by atoms with Crippen LogP contribution < -0.4 is 5.73 Å². The molecule has 0 aliphatic heterocycles. The molecule has 0 aliphatic carbocycles. The maximum Gasteiger partial charge on any atom is 0.169 e. The lowest BCUT2D eigenvalue weighted by molar-refractivity contribution is 0.295. The summed E-state index contributed by atoms with van der Waals surface area (Å²) in [7, 11) is 0. The van der Waals surface area contributed by atoms with E-state index >= 15 is 0 Å². The highest BCUT2D eigenvalue weighted by atomic mass is 19.1. The largest absolute Gasteiger partial charge is 0.399 e. The maximum atomic E-state index is 13.8. The van der Waals surface area contributed by atoms with Gasteiger partial charge in [-0.05, 0) is 18.6 Å². The molecule has 0 saturated carbocycles. The molecule has 1 aromatic carbocycles. The molecular formula is C12H15FN2O. The average molecular weight is 222 g/mol. The average Bonchev–Trinajstić information content (AvgIpc) is 2.68. The number of nitrogens with zero attached hydrogens (tertiary/aromatic N) is 1. The number of benzene rings is 1. The molecule has 1 unspecified atom stereocenters. The van der Waals surface area contributed by atoms with Gasteiger partial charge in [0.25, 0.3) is 0 Å². The van der Waals surface area contributed by atoms with Gasteiger partial charge in [0.05, 0.1) is 0 Å². The van der Waals surface area contributed by atoms with Crippen LogP contribution in [-0.2, 0) is 0 Å². The van der Waals surface area contributed by atoms with Gasteiger partial charge >= 0.3 is 0 Å². The molecule has 2 N–H and O–H groups in total. The minimum Gasteiger partial charge on any atom is -0.399 e. The number of fused-ring (bicyclic) bond motifs is 1. The molecule has 0 amide bonds. The summed E-state index contributed by atoms with van der Waals surface area (Å²) in [5.74, 6) is 0. The van der Waals surface area contributed by atoms with Crippen molar-refractivity contribution in [3.05, 3.63) is 23.9 Å². The van der Waals surface area contributed by atoms with Crippen LogP contribution in [0.5, 0.6) is 0 Å². The highest BCUT2D eigenvalue weighted by Crippen LogP contribution is 2.30. The summed E-state index contributed by atoms with van der Waals surface area (Å²) in [5.41, 5.74) is 7.15. The zero-order valence-corrected chi connectivity index (χ0v) is 9.24. The number of unbranched alkanes of at least 4 members (excludes halogenated alkanes) is 1. The second-order valence-corrected chi connectivity index (χ2v) is 3.93. The van der Waals surface area contributed by atoms with Crippen molar-refractivity contribution in [1.82, 2.24) is 5.16 Å². The van der Waals surface area contributed by atoms with E-state index in [0.29, 0.717) is 23.4 Å². The molecule has 0 saturated heterocycles. The van der Waals surface area contributed by atoms with Gasteiger partial charge in [-0.3, -0.25) is 0 Å². The molecule has 0 bridgehead atoms. The number of aromatic nitrogens is 1. The Morgan fingerprint density at radius 1 is 1.50 bits per heavy atom. The van der Waals surface area contributed by atoms with Crippen molar-refractivity contribution in [1.29, 1.82) is 0 Å². The number of hydrogen-bond donors (Lipinski definition) is 1. The molecular weight excluding hydrogens is 207 g/mol. The van der Waals surface area contributed by atoms with Crippen molar-refractivity contribution in [2.24, 2.45) is 0 Å². The number of halogens is 1. The van der Waals surface area contributed by atoms with E-state index in [2.05, 4.69) is 5.16 Å². The summed E-state index contributed by atoms with van der Waals surface area (Å²) in [4.78, 5) is 0. The van der Waals surface area contributed by atoms with Crippen molar-refractivity contribution in [2.45, 2.75) is 32.4 Å². The van der Waals surface area contributed by atoms with Gasteiger partial charge < -0.3 is 10.3 Å². The molecule has 1 heterocycles. The molecule has 86 valence electrons. The second kappa shape index (κ2) is 4.51. The molecule has 0 fully saturated rings. The predicted molar refractivity (Wildman–Crippen MR) is 61.8 cm³/mol. The quantitative estimate of drug-likeness (QED) is 0.804. The van der Waals surface area contributed by atoms with E-state index in [-0.39, 0.29) is 0 Å². The first-order valence-corrected chi connectivity index (χ1v) is 5.51. The van der Waals surface area contributed by atoms with Crippen molar-refractivity contribution in [3.63, 3.8) is 0 Å². The summed E-state index contributed by atoms with van der Waals surface area (Å²) >= 11 is 0. The van der Waals surface area contributed by atoms with Crippen LogP contribution in [0.2, 0.25) is 0 Å². The fraction of sp³-hybridized carbons (Fsp3) is 0.417. The third kappa shape index (κ3) is 2.01. The Kier molecular flexibility index (Phi) is 3.08. The standard InChI is InChI=1S/C12H15FN2O/c1-2-3-4-10(13)12-9-6-5-8(14)7-11(9)16-15-12/h5-7,10H,2-4,14H2,1H3.